The fraction of sp³-hybridized carbons (Fsp3) is 0.286. The van der Waals surface area contributed by atoms with E-state index in [2.05, 4.69) is 50.6 Å². The number of benzene rings is 3. The van der Waals surface area contributed by atoms with Gasteiger partial charge < -0.3 is 25.6 Å². The number of nitrogens with zero attached hydrogens (tertiary/aromatic N) is 1. The van der Waals surface area contributed by atoms with Crippen molar-refractivity contribution in [2.24, 2.45) is 0 Å². The SMILES string of the molecule is CCN(CC)CCOc1cc(NC(=S)NC(C)c2ccc(Br)cc2)ccc1NC(=O)c1ccccc1F. The molecular formula is C28H32BrFN4O2S. The fourth-order valence-corrected chi connectivity index (χ4v) is 4.24. The molecule has 1 unspecified atom stereocenters. The van der Waals surface area contributed by atoms with Crippen LogP contribution >= 0.6 is 28.1 Å². The molecule has 3 aromatic carbocycles. The Hall–Kier alpha value is -3.01. The van der Waals surface area contributed by atoms with Crippen molar-refractivity contribution < 1.29 is 13.9 Å². The molecule has 196 valence electrons. The zero-order valence-corrected chi connectivity index (χ0v) is 23.6. The van der Waals surface area contributed by atoms with Crippen LogP contribution in [0.4, 0.5) is 15.8 Å². The number of carbonyl (C=O) groups excluding carboxylic acids is 1. The van der Waals surface area contributed by atoms with Gasteiger partial charge in [-0.05, 0) is 74.2 Å². The van der Waals surface area contributed by atoms with Crippen LogP contribution in [0.15, 0.2) is 71.2 Å². The summed E-state index contributed by atoms with van der Waals surface area (Å²) in [7, 11) is 0. The highest BCUT2D eigenvalue weighted by Gasteiger charge is 2.15. The van der Waals surface area contributed by atoms with E-state index in [0.29, 0.717) is 28.8 Å². The number of rotatable bonds is 11. The zero-order valence-electron chi connectivity index (χ0n) is 21.2. The van der Waals surface area contributed by atoms with Gasteiger partial charge in [-0.15, -0.1) is 0 Å². The number of ether oxygens (including phenoxy) is 1. The van der Waals surface area contributed by atoms with Crippen molar-refractivity contribution in [3.63, 3.8) is 0 Å². The van der Waals surface area contributed by atoms with Crippen molar-refractivity contribution in [2.45, 2.75) is 26.8 Å². The fourth-order valence-electron chi connectivity index (χ4n) is 3.68. The van der Waals surface area contributed by atoms with E-state index in [0.717, 1.165) is 29.7 Å². The number of hydrogen-bond donors (Lipinski definition) is 3. The Kier molecular flexibility index (Phi) is 10.9. The van der Waals surface area contributed by atoms with Crippen molar-refractivity contribution in [1.29, 1.82) is 0 Å². The van der Waals surface area contributed by atoms with E-state index in [1.54, 1.807) is 30.3 Å². The summed E-state index contributed by atoms with van der Waals surface area (Å²) in [6, 6.07) is 19.2. The molecule has 0 bridgehead atoms. The van der Waals surface area contributed by atoms with Gasteiger partial charge in [-0.3, -0.25) is 4.79 Å². The second-order valence-electron chi connectivity index (χ2n) is 8.39. The number of hydrogen-bond acceptors (Lipinski definition) is 4. The van der Waals surface area contributed by atoms with Gasteiger partial charge in [0.15, 0.2) is 5.11 Å². The van der Waals surface area contributed by atoms with Gasteiger partial charge in [0.2, 0.25) is 0 Å². The Morgan fingerprint density at radius 1 is 1.05 bits per heavy atom. The highest BCUT2D eigenvalue weighted by molar-refractivity contribution is 9.10. The van der Waals surface area contributed by atoms with Crippen LogP contribution in [-0.4, -0.2) is 42.2 Å². The van der Waals surface area contributed by atoms with E-state index < -0.39 is 11.7 Å². The van der Waals surface area contributed by atoms with E-state index in [-0.39, 0.29) is 11.6 Å². The lowest BCUT2D eigenvalue weighted by atomic mass is 10.1. The first-order valence-electron chi connectivity index (χ1n) is 12.2. The smallest absolute Gasteiger partial charge is 0.258 e. The number of nitrogens with one attached hydrogen (secondary N) is 3. The molecule has 0 heterocycles. The maximum absolute atomic E-state index is 14.1. The first-order chi connectivity index (χ1) is 17.8. The number of carbonyl (C=O) groups is 1. The number of likely N-dealkylation sites (N-methyl/N-ethyl adjacent to an activating group) is 1. The Morgan fingerprint density at radius 3 is 2.43 bits per heavy atom. The topological polar surface area (TPSA) is 65.6 Å². The van der Waals surface area contributed by atoms with E-state index in [1.165, 1.54) is 12.1 Å². The molecule has 0 aromatic heterocycles. The molecule has 1 amide bonds. The Morgan fingerprint density at radius 2 is 1.76 bits per heavy atom. The van der Waals surface area contributed by atoms with Gasteiger partial charge in [-0.2, -0.15) is 0 Å². The summed E-state index contributed by atoms with van der Waals surface area (Å²) in [6.07, 6.45) is 0. The summed E-state index contributed by atoms with van der Waals surface area (Å²) in [5.74, 6) is -0.669. The molecule has 0 saturated carbocycles. The Bertz CT molecular complexity index is 1210. The van der Waals surface area contributed by atoms with Crippen molar-refractivity contribution in [2.75, 3.05) is 36.9 Å². The van der Waals surface area contributed by atoms with Gasteiger partial charge >= 0.3 is 0 Å². The highest BCUT2D eigenvalue weighted by atomic mass is 79.9. The van der Waals surface area contributed by atoms with Crippen LogP contribution in [-0.2, 0) is 0 Å². The number of thiocarbonyl (C=S) groups is 1. The molecule has 0 aliphatic rings. The molecule has 37 heavy (non-hydrogen) atoms. The van der Waals surface area contributed by atoms with Crippen LogP contribution in [0.3, 0.4) is 0 Å². The largest absolute Gasteiger partial charge is 0.490 e. The molecule has 1 atom stereocenters. The van der Waals surface area contributed by atoms with Crippen LogP contribution in [0.2, 0.25) is 0 Å². The summed E-state index contributed by atoms with van der Waals surface area (Å²) in [5, 5.41) is 9.69. The van der Waals surface area contributed by atoms with Crippen molar-refractivity contribution in [1.82, 2.24) is 10.2 Å². The van der Waals surface area contributed by atoms with Crippen LogP contribution < -0.4 is 20.7 Å². The lowest BCUT2D eigenvalue weighted by molar-refractivity contribution is 0.102. The Labute approximate surface area is 231 Å². The van der Waals surface area contributed by atoms with Gasteiger partial charge in [0, 0.05) is 22.8 Å². The van der Waals surface area contributed by atoms with Gasteiger partial charge in [0.1, 0.15) is 18.2 Å². The molecule has 0 radical (unpaired) electrons. The van der Waals surface area contributed by atoms with Crippen LogP contribution in [0.25, 0.3) is 0 Å². The van der Waals surface area contributed by atoms with Crippen LogP contribution in [0.5, 0.6) is 5.75 Å². The van der Waals surface area contributed by atoms with E-state index in [4.69, 9.17) is 17.0 Å². The molecule has 3 N–H and O–H groups in total. The summed E-state index contributed by atoms with van der Waals surface area (Å²) in [5.41, 5.74) is 2.20. The van der Waals surface area contributed by atoms with E-state index >= 15 is 0 Å². The van der Waals surface area contributed by atoms with Gasteiger partial charge in [0.05, 0.1) is 17.3 Å². The predicted octanol–water partition coefficient (Wildman–Crippen LogP) is 6.61. The van der Waals surface area contributed by atoms with Crippen LogP contribution in [0, 0.1) is 5.82 Å². The lowest BCUT2D eigenvalue weighted by Gasteiger charge is -2.20. The molecule has 3 rings (SSSR count). The number of anilines is 2. The zero-order chi connectivity index (χ0) is 26.8. The highest BCUT2D eigenvalue weighted by Crippen LogP contribution is 2.29. The average molecular weight is 588 g/mol. The maximum Gasteiger partial charge on any atom is 0.258 e. The third-order valence-electron chi connectivity index (χ3n) is 5.88. The molecule has 0 fully saturated rings. The molecule has 9 heteroatoms. The van der Waals surface area contributed by atoms with Crippen molar-refractivity contribution >= 4 is 50.5 Å². The van der Waals surface area contributed by atoms with Gasteiger partial charge in [0.25, 0.3) is 5.91 Å². The van der Waals surface area contributed by atoms with Gasteiger partial charge in [-0.1, -0.05) is 54.0 Å². The molecule has 3 aromatic rings. The molecule has 0 spiro atoms. The Balaban J connectivity index is 1.74. The minimum absolute atomic E-state index is 0.00257. The summed E-state index contributed by atoms with van der Waals surface area (Å²) in [6.45, 7) is 9.20. The minimum Gasteiger partial charge on any atom is -0.490 e. The van der Waals surface area contributed by atoms with Crippen molar-refractivity contribution in [3.8, 4) is 5.75 Å². The first-order valence-corrected chi connectivity index (χ1v) is 13.4. The second kappa shape index (κ2) is 14.1. The van der Waals surface area contributed by atoms with Crippen molar-refractivity contribution in [3.05, 3.63) is 88.1 Å². The standard InChI is InChI=1S/C28H32BrFN4O2S/c1-4-34(5-2)16-17-36-26-18-22(32-28(37)31-19(3)20-10-12-21(29)13-11-20)14-15-25(26)33-27(35)23-8-6-7-9-24(23)30/h6-15,18-19H,4-5,16-17H2,1-3H3,(H,33,35)(H2,31,32,37). The van der Waals surface area contributed by atoms with Crippen LogP contribution in [0.1, 0.15) is 42.7 Å². The first kappa shape index (κ1) is 28.6. The lowest BCUT2D eigenvalue weighted by Crippen LogP contribution is -2.31. The molecule has 0 aliphatic carbocycles. The molecular weight excluding hydrogens is 555 g/mol. The van der Waals surface area contributed by atoms with E-state index in [1.807, 2.05) is 31.2 Å². The predicted molar refractivity (Wildman–Crippen MR) is 156 cm³/mol. The second-order valence-corrected chi connectivity index (χ2v) is 9.72. The summed E-state index contributed by atoms with van der Waals surface area (Å²) < 4.78 is 21.2. The molecule has 6 nitrogen and oxygen atoms in total. The third-order valence-corrected chi connectivity index (χ3v) is 6.63. The number of amides is 1. The molecule has 0 aliphatic heterocycles. The maximum atomic E-state index is 14.1. The average Bonchev–Trinajstić information content (AvgIpc) is 2.88. The summed E-state index contributed by atoms with van der Waals surface area (Å²) >= 11 is 8.97. The number of halogens is 2. The van der Waals surface area contributed by atoms with E-state index in [9.17, 15) is 9.18 Å². The normalized spacial score (nSPS) is 11.6. The van der Waals surface area contributed by atoms with Gasteiger partial charge in [-0.25, -0.2) is 4.39 Å². The minimum atomic E-state index is -0.585. The quantitative estimate of drug-likeness (QED) is 0.220. The monoisotopic (exact) mass is 586 g/mol. The third kappa shape index (κ3) is 8.52. The molecule has 0 saturated heterocycles. The summed E-state index contributed by atoms with van der Waals surface area (Å²) in [4.78, 5) is 15.0.